The van der Waals surface area contributed by atoms with Crippen LogP contribution >= 0.6 is 0 Å². The van der Waals surface area contributed by atoms with Gasteiger partial charge in [0.1, 0.15) is 5.76 Å². The molecule has 0 spiro atoms. The topological polar surface area (TPSA) is 39.4 Å². The second kappa shape index (κ2) is 4.36. The van der Waals surface area contributed by atoms with Crippen molar-refractivity contribution in [2.45, 2.75) is 12.8 Å². The Morgan fingerprint density at radius 3 is 3.00 bits per heavy atom. The Hall–Kier alpha value is -1.69. The number of furan rings is 1. The zero-order chi connectivity index (χ0) is 9.68. The molecule has 3 nitrogen and oxygen atoms in total. The molecule has 0 aliphatic carbocycles. The maximum absolute atomic E-state index is 10.7. The highest BCUT2D eigenvalue weighted by Gasteiger charge is 2.03. The normalized spacial score (nSPS) is 11.2. The molecule has 13 heavy (non-hydrogen) atoms. The van der Waals surface area contributed by atoms with Crippen molar-refractivity contribution in [1.82, 2.24) is 0 Å². The molecule has 1 heterocycles. The van der Waals surface area contributed by atoms with Crippen molar-refractivity contribution < 1.29 is 13.9 Å². The van der Waals surface area contributed by atoms with Crippen LogP contribution in [-0.4, -0.2) is 13.1 Å². The third kappa shape index (κ3) is 2.68. The van der Waals surface area contributed by atoms with Gasteiger partial charge in [-0.15, -0.1) is 0 Å². The molecule has 0 aromatic carbocycles. The fourth-order valence-electron chi connectivity index (χ4n) is 0.827. The second-order valence-electron chi connectivity index (χ2n) is 2.50. The van der Waals surface area contributed by atoms with Gasteiger partial charge in [0, 0.05) is 5.92 Å². The molecular weight excluding hydrogens is 168 g/mol. The average molecular weight is 178 g/mol. The van der Waals surface area contributed by atoms with Crippen molar-refractivity contribution in [3.63, 3.8) is 0 Å². The number of rotatable bonds is 1. The first-order chi connectivity index (χ1) is 6.24. The molecule has 1 unspecified atom stereocenters. The van der Waals surface area contributed by atoms with Gasteiger partial charge in [-0.3, -0.25) is 0 Å². The Kier molecular flexibility index (Phi) is 3.15. The molecular formula is C10H10O3. The standard InChI is InChI=1S/C10H10O3/c1-8(5-6-10(11)12-2)9-4-3-7-13-9/h3-4,7-8H,1-2H3. The molecule has 1 atom stereocenters. The monoisotopic (exact) mass is 178 g/mol. The molecule has 0 radical (unpaired) electrons. The van der Waals surface area contributed by atoms with Crippen LogP contribution < -0.4 is 0 Å². The summed E-state index contributed by atoms with van der Waals surface area (Å²) < 4.78 is 9.48. The van der Waals surface area contributed by atoms with Gasteiger partial charge in [0.15, 0.2) is 0 Å². The molecule has 0 amide bonds. The van der Waals surface area contributed by atoms with Gasteiger partial charge in [0.2, 0.25) is 0 Å². The van der Waals surface area contributed by atoms with Gasteiger partial charge in [-0.2, -0.15) is 0 Å². The SMILES string of the molecule is COC(=O)C#CC(C)c1ccco1. The summed E-state index contributed by atoms with van der Waals surface area (Å²) in [6.07, 6.45) is 1.58. The highest BCUT2D eigenvalue weighted by atomic mass is 16.5. The quantitative estimate of drug-likeness (QED) is 0.372. The minimum absolute atomic E-state index is 0.0888. The summed E-state index contributed by atoms with van der Waals surface area (Å²) in [7, 11) is 1.30. The number of carbonyl (C=O) groups is 1. The minimum Gasteiger partial charge on any atom is -0.468 e. The largest absolute Gasteiger partial charge is 0.468 e. The van der Waals surface area contributed by atoms with Gasteiger partial charge in [-0.05, 0) is 19.1 Å². The van der Waals surface area contributed by atoms with Crippen molar-refractivity contribution in [1.29, 1.82) is 0 Å². The van der Waals surface area contributed by atoms with Crippen LogP contribution in [0.5, 0.6) is 0 Å². The molecule has 0 bridgehead atoms. The molecule has 1 aromatic rings. The molecule has 3 heteroatoms. The molecule has 0 N–H and O–H groups in total. The van der Waals surface area contributed by atoms with Crippen molar-refractivity contribution in [2.75, 3.05) is 7.11 Å². The lowest BCUT2D eigenvalue weighted by Gasteiger charge is -1.96. The number of ether oxygens (including phenoxy) is 1. The van der Waals surface area contributed by atoms with Crippen LogP contribution in [0.3, 0.4) is 0 Å². The zero-order valence-electron chi connectivity index (χ0n) is 7.53. The molecule has 1 aromatic heterocycles. The molecule has 0 fully saturated rings. The van der Waals surface area contributed by atoms with E-state index in [0.29, 0.717) is 0 Å². The third-order valence-corrected chi connectivity index (χ3v) is 1.55. The highest BCUT2D eigenvalue weighted by Crippen LogP contribution is 2.13. The number of hydrogen-bond acceptors (Lipinski definition) is 3. The molecule has 0 aliphatic rings. The van der Waals surface area contributed by atoms with Crippen LogP contribution in [0.2, 0.25) is 0 Å². The summed E-state index contributed by atoms with van der Waals surface area (Å²) in [6, 6.07) is 3.60. The predicted molar refractivity (Wildman–Crippen MR) is 46.9 cm³/mol. The number of hydrogen-bond donors (Lipinski definition) is 0. The third-order valence-electron chi connectivity index (χ3n) is 1.55. The zero-order valence-corrected chi connectivity index (χ0v) is 7.53. The van der Waals surface area contributed by atoms with E-state index in [4.69, 9.17) is 4.42 Å². The summed E-state index contributed by atoms with van der Waals surface area (Å²) in [6.45, 7) is 1.86. The van der Waals surface area contributed by atoms with Gasteiger partial charge in [0.25, 0.3) is 0 Å². The summed E-state index contributed by atoms with van der Waals surface area (Å²) in [5, 5.41) is 0. The first kappa shape index (κ1) is 9.40. The summed E-state index contributed by atoms with van der Waals surface area (Å²) in [5.74, 6) is 5.20. The van der Waals surface area contributed by atoms with Crippen LogP contribution in [0, 0.1) is 11.8 Å². The molecule has 0 saturated heterocycles. The van der Waals surface area contributed by atoms with Crippen molar-refractivity contribution in [3.8, 4) is 11.8 Å². The Morgan fingerprint density at radius 1 is 1.69 bits per heavy atom. The van der Waals surface area contributed by atoms with E-state index in [1.165, 1.54) is 7.11 Å². The Morgan fingerprint density at radius 2 is 2.46 bits per heavy atom. The second-order valence-corrected chi connectivity index (χ2v) is 2.50. The molecule has 0 saturated carbocycles. The summed E-state index contributed by atoms with van der Waals surface area (Å²) in [4.78, 5) is 10.7. The van der Waals surface area contributed by atoms with Crippen LogP contribution in [0.25, 0.3) is 0 Å². The molecule has 68 valence electrons. The number of methoxy groups -OCH3 is 1. The highest BCUT2D eigenvalue weighted by molar-refractivity contribution is 5.88. The Labute approximate surface area is 76.7 Å². The average Bonchev–Trinajstić information content (AvgIpc) is 2.66. The van der Waals surface area contributed by atoms with Gasteiger partial charge in [-0.25, -0.2) is 4.79 Å². The lowest BCUT2D eigenvalue weighted by atomic mass is 10.1. The fraction of sp³-hybridized carbons (Fsp3) is 0.300. The van der Waals surface area contributed by atoms with Crippen LogP contribution in [0.1, 0.15) is 18.6 Å². The van der Waals surface area contributed by atoms with Gasteiger partial charge >= 0.3 is 5.97 Å². The van der Waals surface area contributed by atoms with E-state index in [9.17, 15) is 4.79 Å². The van der Waals surface area contributed by atoms with Crippen LogP contribution in [0.4, 0.5) is 0 Å². The summed E-state index contributed by atoms with van der Waals surface area (Å²) in [5.41, 5.74) is 0. The van der Waals surface area contributed by atoms with Crippen molar-refractivity contribution in [2.24, 2.45) is 0 Å². The molecule has 0 aliphatic heterocycles. The Balaban J connectivity index is 2.63. The van der Waals surface area contributed by atoms with E-state index in [1.54, 1.807) is 12.3 Å². The first-order valence-electron chi connectivity index (χ1n) is 3.87. The lowest BCUT2D eigenvalue weighted by molar-refractivity contribution is -0.133. The van der Waals surface area contributed by atoms with Gasteiger partial charge in [0.05, 0.1) is 19.3 Å². The van der Waals surface area contributed by atoms with E-state index in [1.807, 2.05) is 13.0 Å². The molecule has 1 rings (SSSR count). The van der Waals surface area contributed by atoms with E-state index >= 15 is 0 Å². The smallest absolute Gasteiger partial charge is 0.384 e. The van der Waals surface area contributed by atoms with Crippen molar-refractivity contribution in [3.05, 3.63) is 24.2 Å². The van der Waals surface area contributed by atoms with Crippen LogP contribution in [0.15, 0.2) is 22.8 Å². The number of carbonyl (C=O) groups excluding carboxylic acids is 1. The lowest BCUT2D eigenvalue weighted by Crippen LogP contribution is -1.96. The van der Waals surface area contributed by atoms with Gasteiger partial charge < -0.3 is 9.15 Å². The minimum atomic E-state index is -0.529. The first-order valence-corrected chi connectivity index (χ1v) is 3.87. The van der Waals surface area contributed by atoms with E-state index in [2.05, 4.69) is 16.6 Å². The number of esters is 1. The van der Waals surface area contributed by atoms with E-state index < -0.39 is 5.97 Å². The fourth-order valence-corrected chi connectivity index (χ4v) is 0.827. The summed E-state index contributed by atoms with van der Waals surface area (Å²) >= 11 is 0. The maximum Gasteiger partial charge on any atom is 0.384 e. The van der Waals surface area contributed by atoms with Crippen LogP contribution in [-0.2, 0) is 9.53 Å². The Bertz CT molecular complexity index is 327. The van der Waals surface area contributed by atoms with E-state index in [-0.39, 0.29) is 5.92 Å². The predicted octanol–water partition coefficient (Wildman–Crippen LogP) is 1.56. The van der Waals surface area contributed by atoms with Gasteiger partial charge in [-0.1, -0.05) is 5.92 Å². The maximum atomic E-state index is 10.7. The van der Waals surface area contributed by atoms with E-state index in [0.717, 1.165) is 5.76 Å². The van der Waals surface area contributed by atoms with Crippen molar-refractivity contribution >= 4 is 5.97 Å².